The highest BCUT2D eigenvalue weighted by atomic mass is 19.4. The lowest BCUT2D eigenvalue weighted by Crippen LogP contribution is -2.05. The molecule has 1 heterocycles. The maximum Gasteiger partial charge on any atom is 0.416 e. The molecule has 0 aliphatic rings. The van der Waals surface area contributed by atoms with Gasteiger partial charge in [0.2, 0.25) is 0 Å². The fourth-order valence-electron chi connectivity index (χ4n) is 1.62. The Morgan fingerprint density at radius 3 is 2.33 bits per heavy atom. The molecule has 2 nitrogen and oxygen atoms in total. The van der Waals surface area contributed by atoms with Crippen LogP contribution < -0.4 is 0 Å². The molecule has 1 aromatic carbocycles. The summed E-state index contributed by atoms with van der Waals surface area (Å²) in [6.45, 7) is 0. The van der Waals surface area contributed by atoms with Crippen molar-refractivity contribution in [1.29, 1.82) is 0 Å². The molecular weight excluding hydrogens is 241 g/mol. The van der Waals surface area contributed by atoms with E-state index in [0.29, 0.717) is 24.2 Å². The molecule has 2 aromatic rings. The van der Waals surface area contributed by atoms with Crippen molar-refractivity contribution < 1.29 is 13.2 Å². The average molecular weight is 252 g/mol. The van der Waals surface area contributed by atoms with Crippen molar-refractivity contribution in [2.45, 2.75) is 19.0 Å². The molecular formula is C13H11F3N2. The van der Waals surface area contributed by atoms with E-state index in [4.69, 9.17) is 0 Å². The van der Waals surface area contributed by atoms with Crippen LogP contribution in [0.5, 0.6) is 0 Å². The molecule has 94 valence electrons. The number of nitrogens with zero attached hydrogens (tertiary/aromatic N) is 2. The predicted molar refractivity (Wildman–Crippen MR) is 60.9 cm³/mol. The topological polar surface area (TPSA) is 25.8 Å². The second kappa shape index (κ2) is 5.16. The third kappa shape index (κ3) is 3.29. The molecule has 18 heavy (non-hydrogen) atoms. The number of benzene rings is 1. The van der Waals surface area contributed by atoms with E-state index in [-0.39, 0.29) is 0 Å². The first kappa shape index (κ1) is 12.5. The largest absolute Gasteiger partial charge is 0.416 e. The molecule has 0 bridgehead atoms. The Hall–Kier alpha value is -1.91. The molecule has 0 aliphatic heterocycles. The van der Waals surface area contributed by atoms with Gasteiger partial charge in [0.1, 0.15) is 5.82 Å². The Balaban J connectivity index is 2.06. The molecule has 0 radical (unpaired) electrons. The molecule has 0 N–H and O–H groups in total. The predicted octanol–water partition coefficient (Wildman–Crippen LogP) is 3.28. The van der Waals surface area contributed by atoms with Crippen molar-refractivity contribution in [3.05, 3.63) is 59.7 Å². The summed E-state index contributed by atoms with van der Waals surface area (Å²) >= 11 is 0. The van der Waals surface area contributed by atoms with Crippen LogP contribution in [0.1, 0.15) is 17.0 Å². The van der Waals surface area contributed by atoms with Gasteiger partial charge >= 0.3 is 6.18 Å². The molecule has 0 atom stereocenters. The molecule has 5 heteroatoms. The first-order valence-electron chi connectivity index (χ1n) is 5.48. The lowest BCUT2D eigenvalue weighted by molar-refractivity contribution is -0.137. The summed E-state index contributed by atoms with van der Waals surface area (Å²) in [5.74, 6) is 0.634. The van der Waals surface area contributed by atoms with Crippen molar-refractivity contribution in [3.8, 4) is 0 Å². The minimum atomic E-state index is -4.29. The summed E-state index contributed by atoms with van der Waals surface area (Å²) in [6, 6.07) is 7.04. The number of aryl methyl sites for hydroxylation is 2. The summed E-state index contributed by atoms with van der Waals surface area (Å²) in [5, 5.41) is 0. The highest BCUT2D eigenvalue weighted by molar-refractivity contribution is 5.26. The van der Waals surface area contributed by atoms with Gasteiger partial charge in [-0.15, -0.1) is 0 Å². The van der Waals surface area contributed by atoms with Crippen molar-refractivity contribution in [2.24, 2.45) is 0 Å². The Bertz CT molecular complexity index is 509. The zero-order valence-corrected chi connectivity index (χ0v) is 9.48. The number of halogens is 3. The van der Waals surface area contributed by atoms with Crippen molar-refractivity contribution >= 4 is 0 Å². The Labute approximate surface area is 103 Å². The minimum Gasteiger partial charge on any atom is -0.241 e. The van der Waals surface area contributed by atoms with Crippen LogP contribution in [0.4, 0.5) is 13.2 Å². The zero-order valence-electron chi connectivity index (χ0n) is 9.48. The van der Waals surface area contributed by atoms with Gasteiger partial charge in [-0.25, -0.2) is 9.97 Å². The highest BCUT2D eigenvalue weighted by Gasteiger charge is 2.30. The van der Waals surface area contributed by atoms with Crippen LogP contribution in [-0.4, -0.2) is 9.97 Å². The van der Waals surface area contributed by atoms with Crippen LogP contribution in [0.2, 0.25) is 0 Å². The summed E-state index contributed by atoms with van der Waals surface area (Å²) in [4.78, 5) is 8.06. The third-order valence-corrected chi connectivity index (χ3v) is 2.51. The quantitative estimate of drug-likeness (QED) is 0.837. The second-order valence-corrected chi connectivity index (χ2v) is 3.86. The van der Waals surface area contributed by atoms with E-state index in [0.717, 1.165) is 6.07 Å². The van der Waals surface area contributed by atoms with E-state index in [1.54, 1.807) is 24.5 Å². The zero-order chi connectivity index (χ0) is 13.0. The van der Waals surface area contributed by atoms with Crippen molar-refractivity contribution in [3.63, 3.8) is 0 Å². The molecule has 0 unspecified atom stereocenters. The van der Waals surface area contributed by atoms with Crippen LogP contribution in [0.25, 0.3) is 0 Å². The van der Waals surface area contributed by atoms with Gasteiger partial charge in [0.25, 0.3) is 0 Å². The third-order valence-electron chi connectivity index (χ3n) is 2.51. The molecule has 0 fully saturated rings. The summed E-state index contributed by atoms with van der Waals surface area (Å²) in [6.07, 6.45) is -0.0295. The van der Waals surface area contributed by atoms with E-state index >= 15 is 0 Å². The second-order valence-electron chi connectivity index (χ2n) is 3.86. The van der Waals surface area contributed by atoms with Crippen molar-refractivity contribution in [2.75, 3.05) is 0 Å². The molecule has 0 saturated carbocycles. The van der Waals surface area contributed by atoms with Gasteiger partial charge < -0.3 is 0 Å². The number of aromatic nitrogens is 2. The lowest BCUT2D eigenvalue weighted by atomic mass is 10.1. The lowest BCUT2D eigenvalue weighted by Gasteiger charge is -2.08. The molecule has 1 aromatic heterocycles. The number of alkyl halides is 3. The van der Waals surface area contributed by atoms with Crippen LogP contribution in [-0.2, 0) is 19.0 Å². The Kier molecular flexibility index (Phi) is 3.60. The SMILES string of the molecule is FC(F)(F)c1cccc(CCc2ncccn2)c1. The molecule has 2 rings (SSSR count). The Morgan fingerprint density at radius 1 is 0.944 bits per heavy atom. The smallest absolute Gasteiger partial charge is 0.241 e. The van der Waals surface area contributed by atoms with Crippen LogP contribution in [0, 0.1) is 0 Å². The van der Waals surface area contributed by atoms with Gasteiger partial charge in [0, 0.05) is 18.8 Å². The van der Waals surface area contributed by atoms with Gasteiger partial charge in [0.05, 0.1) is 5.56 Å². The normalized spacial score (nSPS) is 11.5. The average Bonchev–Trinajstić information content (AvgIpc) is 2.37. The number of rotatable bonds is 3. The van der Waals surface area contributed by atoms with Gasteiger partial charge in [-0.05, 0) is 24.1 Å². The van der Waals surface area contributed by atoms with E-state index in [1.807, 2.05) is 0 Å². The molecule has 0 spiro atoms. The van der Waals surface area contributed by atoms with Gasteiger partial charge in [-0.1, -0.05) is 18.2 Å². The fourth-order valence-corrected chi connectivity index (χ4v) is 1.62. The monoisotopic (exact) mass is 252 g/mol. The maximum atomic E-state index is 12.5. The van der Waals surface area contributed by atoms with Crippen molar-refractivity contribution in [1.82, 2.24) is 9.97 Å². The first-order valence-corrected chi connectivity index (χ1v) is 5.48. The van der Waals surface area contributed by atoms with Crippen LogP contribution in [0.3, 0.4) is 0 Å². The number of hydrogen-bond acceptors (Lipinski definition) is 2. The summed E-state index contributed by atoms with van der Waals surface area (Å²) < 4.78 is 37.5. The number of hydrogen-bond donors (Lipinski definition) is 0. The maximum absolute atomic E-state index is 12.5. The van der Waals surface area contributed by atoms with Gasteiger partial charge in [-0.2, -0.15) is 13.2 Å². The van der Waals surface area contributed by atoms with E-state index in [2.05, 4.69) is 9.97 Å². The summed E-state index contributed by atoms with van der Waals surface area (Å²) in [7, 11) is 0. The molecule has 0 amide bonds. The minimum absolute atomic E-state index is 0.494. The van der Waals surface area contributed by atoms with E-state index in [1.165, 1.54) is 12.1 Å². The highest BCUT2D eigenvalue weighted by Crippen LogP contribution is 2.29. The van der Waals surface area contributed by atoms with Gasteiger partial charge in [-0.3, -0.25) is 0 Å². The van der Waals surface area contributed by atoms with Gasteiger partial charge in [0.15, 0.2) is 0 Å². The molecule has 0 aliphatic carbocycles. The van der Waals surface area contributed by atoms with E-state index < -0.39 is 11.7 Å². The Morgan fingerprint density at radius 2 is 1.67 bits per heavy atom. The molecule has 0 saturated heterocycles. The van der Waals surface area contributed by atoms with E-state index in [9.17, 15) is 13.2 Å². The standard InChI is InChI=1S/C13H11F3N2/c14-13(15,16)11-4-1-3-10(9-11)5-6-12-17-7-2-8-18-12/h1-4,7-9H,5-6H2. The van der Waals surface area contributed by atoms with Crippen LogP contribution >= 0.6 is 0 Å². The van der Waals surface area contributed by atoms with Crippen LogP contribution in [0.15, 0.2) is 42.7 Å². The summed E-state index contributed by atoms with van der Waals surface area (Å²) in [5.41, 5.74) is 0.0197. The first-order chi connectivity index (χ1) is 8.55. The fraction of sp³-hybridized carbons (Fsp3) is 0.231.